The summed E-state index contributed by atoms with van der Waals surface area (Å²) < 4.78 is 5.39. The molecule has 0 unspecified atom stereocenters. The molecule has 1 fully saturated rings. The average Bonchev–Trinajstić information content (AvgIpc) is 2.97. The van der Waals surface area contributed by atoms with Gasteiger partial charge in [0.2, 0.25) is 5.89 Å². The third kappa shape index (κ3) is 3.87. The van der Waals surface area contributed by atoms with E-state index in [1.54, 1.807) is 0 Å². The summed E-state index contributed by atoms with van der Waals surface area (Å²) in [6.07, 6.45) is 7.19. The second kappa shape index (κ2) is 7.25. The molecule has 0 atom stereocenters. The van der Waals surface area contributed by atoms with Gasteiger partial charge in [-0.1, -0.05) is 54.2 Å². The minimum atomic E-state index is 0.607. The van der Waals surface area contributed by atoms with Crippen LogP contribution in [0.15, 0.2) is 28.8 Å². The molecule has 3 rings (SSSR count). The fraction of sp³-hybridized carbons (Fsp3) is 0.529. The van der Waals surface area contributed by atoms with Crippen LogP contribution in [0.4, 0.5) is 0 Å². The van der Waals surface area contributed by atoms with Crippen LogP contribution in [0.1, 0.15) is 49.4 Å². The summed E-state index contributed by atoms with van der Waals surface area (Å²) in [5.41, 5.74) is 1.03. The zero-order valence-corrected chi connectivity index (χ0v) is 13.7. The topological polar surface area (TPSA) is 42.2 Å². The highest BCUT2D eigenvalue weighted by atomic mass is 35.5. The van der Waals surface area contributed by atoms with Gasteiger partial charge >= 0.3 is 0 Å². The van der Waals surface area contributed by atoms with Crippen molar-refractivity contribution in [3.05, 3.63) is 46.6 Å². The van der Waals surface area contributed by atoms with E-state index in [0.717, 1.165) is 17.1 Å². The maximum absolute atomic E-state index is 6.17. The van der Waals surface area contributed by atoms with E-state index in [4.69, 9.17) is 16.1 Å². The predicted octanol–water partition coefficient (Wildman–Crippen LogP) is 4.08. The Labute approximate surface area is 136 Å². The van der Waals surface area contributed by atoms with E-state index >= 15 is 0 Å². The molecular weight excluding hydrogens is 298 g/mol. The summed E-state index contributed by atoms with van der Waals surface area (Å²) in [6, 6.07) is 8.42. The maximum atomic E-state index is 6.17. The van der Waals surface area contributed by atoms with Crippen molar-refractivity contribution in [2.45, 2.75) is 51.1 Å². The van der Waals surface area contributed by atoms with Gasteiger partial charge in [-0.25, -0.2) is 0 Å². The summed E-state index contributed by atoms with van der Waals surface area (Å²) in [5, 5.41) is 4.82. The number of hydrogen-bond donors (Lipinski definition) is 0. The fourth-order valence-corrected chi connectivity index (χ4v) is 3.31. The third-order valence-corrected chi connectivity index (χ3v) is 4.77. The Bertz CT molecular complexity index is 607. The normalized spacial score (nSPS) is 16.3. The number of benzene rings is 1. The standard InChI is InChI=1S/C17H22ClN3O/c1-21(14-8-3-2-4-9-14)12-17-19-16(20-22-17)11-13-7-5-6-10-15(13)18/h5-7,10,14H,2-4,8-9,11-12H2,1H3. The summed E-state index contributed by atoms with van der Waals surface area (Å²) >= 11 is 6.17. The van der Waals surface area contributed by atoms with Gasteiger partial charge < -0.3 is 4.52 Å². The zero-order chi connectivity index (χ0) is 15.4. The molecule has 1 heterocycles. The molecular formula is C17H22ClN3O. The second-order valence-corrected chi connectivity index (χ2v) is 6.49. The average molecular weight is 320 g/mol. The molecule has 0 saturated heterocycles. The molecule has 1 aromatic heterocycles. The van der Waals surface area contributed by atoms with E-state index < -0.39 is 0 Å². The molecule has 0 aliphatic heterocycles. The molecule has 1 aliphatic carbocycles. The largest absolute Gasteiger partial charge is 0.338 e. The minimum Gasteiger partial charge on any atom is -0.338 e. The summed E-state index contributed by atoms with van der Waals surface area (Å²) in [7, 11) is 2.15. The first-order chi connectivity index (χ1) is 10.7. The van der Waals surface area contributed by atoms with E-state index in [-0.39, 0.29) is 0 Å². The molecule has 0 radical (unpaired) electrons. The van der Waals surface area contributed by atoms with Crippen LogP contribution in [-0.4, -0.2) is 28.1 Å². The molecule has 0 N–H and O–H groups in total. The Hall–Kier alpha value is -1.39. The molecule has 0 spiro atoms. The first kappa shape index (κ1) is 15.5. The zero-order valence-electron chi connectivity index (χ0n) is 13.0. The molecule has 22 heavy (non-hydrogen) atoms. The van der Waals surface area contributed by atoms with Crippen molar-refractivity contribution in [2.24, 2.45) is 0 Å². The molecule has 4 nitrogen and oxygen atoms in total. The van der Waals surface area contributed by atoms with Crippen molar-refractivity contribution in [2.75, 3.05) is 7.05 Å². The molecule has 0 amide bonds. The summed E-state index contributed by atoms with van der Waals surface area (Å²) in [4.78, 5) is 6.84. The van der Waals surface area contributed by atoms with E-state index in [1.807, 2.05) is 24.3 Å². The van der Waals surface area contributed by atoms with Crippen LogP contribution in [0.3, 0.4) is 0 Å². The van der Waals surface area contributed by atoms with Crippen LogP contribution in [0.2, 0.25) is 5.02 Å². The van der Waals surface area contributed by atoms with E-state index in [9.17, 15) is 0 Å². The van der Waals surface area contributed by atoms with Crippen molar-refractivity contribution < 1.29 is 4.52 Å². The predicted molar refractivity (Wildman–Crippen MR) is 86.9 cm³/mol. The van der Waals surface area contributed by atoms with Gasteiger partial charge in [-0.15, -0.1) is 0 Å². The molecule has 1 aliphatic rings. The Balaban J connectivity index is 1.60. The van der Waals surface area contributed by atoms with Gasteiger partial charge in [0.05, 0.1) is 6.54 Å². The molecule has 5 heteroatoms. The van der Waals surface area contributed by atoms with Crippen molar-refractivity contribution in [3.8, 4) is 0 Å². The van der Waals surface area contributed by atoms with Crippen LogP contribution in [0, 0.1) is 0 Å². The number of nitrogens with zero attached hydrogens (tertiary/aromatic N) is 3. The molecule has 2 aromatic rings. The lowest BCUT2D eigenvalue weighted by molar-refractivity contribution is 0.165. The lowest BCUT2D eigenvalue weighted by Crippen LogP contribution is -2.32. The number of rotatable bonds is 5. The van der Waals surface area contributed by atoms with Crippen LogP contribution >= 0.6 is 11.6 Å². The van der Waals surface area contributed by atoms with Crippen LogP contribution in [-0.2, 0) is 13.0 Å². The quantitative estimate of drug-likeness (QED) is 0.833. The SMILES string of the molecule is CN(Cc1nc(Cc2ccccc2Cl)no1)C1CCCCC1. The Morgan fingerprint density at radius 3 is 2.77 bits per heavy atom. The van der Waals surface area contributed by atoms with Gasteiger partial charge in [0.15, 0.2) is 5.82 Å². The van der Waals surface area contributed by atoms with Crippen LogP contribution in [0.25, 0.3) is 0 Å². The summed E-state index contributed by atoms with van der Waals surface area (Å²) in [5.74, 6) is 1.38. The van der Waals surface area contributed by atoms with Crippen molar-refractivity contribution in [3.63, 3.8) is 0 Å². The lowest BCUT2D eigenvalue weighted by Gasteiger charge is -2.29. The molecule has 118 valence electrons. The van der Waals surface area contributed by atoms with Gasteiger partial charge in [-0.05, 0) is 31.5 Å². The van der Waals surface area contributed by atoms with Gasteiger partial charge in [-0.2, -0.15) is 4.98 Å². The first-order valence-electron chi connectivity index (χ1n) is 7.97. The van der Waals surface area contributed by atoms with Gasteiger partial charge in [0, 0.05) is 17.5 Å². The Morgan fingerprint density at radius 2 is 2.00 bits per heavy atom. The van der Waals surface area contributed by atoms with Crippen molar-refractivity contribution in [1.82, 2.24) is 15.0 Å². The second-order valence-electron chi connectivity index (χ2n) is 6.08. The Kier molecular flexibility index (Phi) is 5.11. The van der Waals surface area contributed by atoms with Gasteiger partial charge in [0.1, 0.15) is 0 Å². The van der Waals surface area contributed by atoms with Crippen LogP contribution < -0.4 is 0 Å². The monoisotopic (exact) mass is 319 g/mol. The van der Waals surface area contributed by atoms with E-state index in [0.29, 0.717) is 24.2 Å². The lowest BCUT2D eigenvalue weighted by atomic mass is 9.94. The van der Waals surface area contributed by atoms with Crippen LogP contribution in [0.5, 0.6) is 0 Å². The first-order valence-corrected chi connectivity index (χ1v) is 8.35. The van der Waals surface area contributed by atoms with E-state index in [1.165, 1.54) is 32.1 Å². The number of aromatic nitrogens is 2. The number of halogens is 1. The minimum absolute atomic E-state index is 0.607. The van der Waals surface area contributed by atoms with Crippen molar-refractivity contribution >= 4 is 11.6 Å². The molecule has 1 saturated carbocycles. The summed E-state index contributed by atoms with van der Waals surface area (Å²) in [6.45, 7) is 0.722. The van der Waals surface area contributed by atoms with Gasteiger partial charge in [0.25, 0.3) is 0 Å². The highest BCUT2D eigenvalue weighted by Crippen LogP contribution is 2.23. The maximum Gasteiger partial charge on any atom is 0.240 e. The van der Waals surface area contributed by atoms with Crippen molar-refractivity contribution in [1.29, 1.82) is 0 Å². The number of hydrogen-bond acceptors (Lipinski definition) is 4. The smallest absolute Gasteiger partial charge is 0.240 e. The van der Waals surface area contributed by atoms with E-state index in [2.05, 4.69) is 22.1 Å². The molecule has 0 bridgehead atoms. The molecule has 1 aromatic carbocycles. The third-order valence-electron chi connectivity index (χ3n) is 4.40. The van der Waals surface area contributed by atoms with Gasteiger partial charge in [-0.3, -0.25) is 4.90 Å². The highest BCUT2D eigenvalue weighted by Gasteiger charge is 2.20. The Morgan fingerprint density at radius 1 is 1.23 bits per heavy atom. The fourth-order valence-electron chi connectivity index (χ4n) is 3.10. The highest BCUT2D eigenvalue weighted by molar-refractivity contribution is 6.31.